The normalized spacial score (nSPS) is 12.2. The number of aromatic nitrogens is 2. The lowest BCUT2D eigenvalue weighted by Crippen LogP contribution is -2.18. The van der Waals surface area contributed by atoms with Crippen LogP contribution in [0.15, 0.2) is 48.7 Å². The van der Waals surface area contributed by atoms with Gasteiger partial charge in [-0.1, -0.05) is 12.1 Å². The van der Waals surface area contributed by atoms with Gasteiger partial charge in [0.25, 0.3) is 0 Å². The molecule has 28 heavy (non-hydrogen) atoms. The first kappa shape index (κ1) is 20.0. The van der Waals surface area contributed by atoms with E-state index in [9.17, 15) is 8.78 Å². The summed E-state index contributed by atoms with van der Waals surface area (Å²) in [5.41, 5.74) is 3.03. The van der Waals surface area contributed by atoms with Crippen LogP contribution in [-0.2, 0) is 6.54 Å². The summed E-state index contributed by atoms with van der Waals surface area (Å²) in [7, 11) is 0. The molecular weight excluding hydrogens is 364 g/mol. The van der Waals surface area contributed by atoms with Crippen molar-refractivity contribution in [3.05, 3.63) is 77.1 Å². The number of rotatable bonds is 8. The average Bonchev–Trinajstić information content (AvgIpc) is 3.06. The molecule has 2 aromatic carbocycles. The number of halogens is 2. The van der Waals surface area contributed by atoms with Gasteiger partial charge in [0.1, 0.15) is 23.9 Å². The topological polar surface area (TPSA) is 59.3 Å². The van der Waals surface area contributed by atoms with Gasteiger partial charge < -0.3 is 15.2 Å². The number of hydrogen-bond donors (Lipinski definition) is 2. The summed E-state index contributed by atoms with van der Waals surface area (Å²) in [6, 6.07) is 11.1. The Bertz CT molecular complexity index is 926. The second-order valence-electron chi connectivity index (χ2n) is 6.51. The van der Waals surface area contributed by atoms with Crippen LogP contribution in [0.25, 0.3) is 5.69 Å². The van der Waals surface area contributed by atoms with Crippen molar-refractivity contribution in [1.29, 1.82) is 0 Å². The van der Waals surface area contributed by atoms with Crippen molar-refractivity contribution in [2.75, 3.05) is 13.2 Å². The summed E-state index contributed by atoms with van der Waals surface area (Å²) in [5.74, 6) is -0.555. The molecule has 0 amide bonds. The molecule has 7 heteroatoms. The van der Waals surface area contributed by atoms with Gasteiger partial charge >= 0.3 is 0 Å². The Hall–Kier alpha value is -2.77. The van der Waals surface area contributed by atoms with E-state index in [0.717, 1.165) is 22.9 Å². The molecule has 0 radical (unpaired) electrons. The van der Waals surface area contributed by atoms with Gasteiger partial charge in [0.05, 0.1) is 12.8 Å². The Morgan fingerprint density at radius 1 is 1.18 bits per heavy atom. The van der Waals surface area contributed by atoms with Gasteiger partial charge in [0.15, 0.2) is 5.82 Å². The molecule has 3 rings (SSSR count). The maximum absolute atomic E-state index is 14.1. The van der Waals surface area contributed by atoms with Gasteiger partial charge in [-0.2, -0.15) is 5.10 Å². The molecule has 0 saturated heterocycles. The van der Waals surface area contributed by atoms with E-state index in [0.29, 0.717) is 12.3 Å². The quantitative estimate of drug-likeness (QED) is 0.619. The first-order chi connectivity index (χ1) is 13.5. The molecule has 3 aromatic rings. The summed E-state index contributed by atoms with van der Waals surface area (Å²) in [5, 5.41) is 16.5. The molecular formula is C21H23F2N3O2. The SMILES string of the molecule is Cc1c([C@H](C)NCc2ccc(OCCO)cc2)cnn1-c1ccc(F)cc1F. The fourth-order valence-electron chi connectivity index (χ4n) is 2.99. The Labute approximate surface area is 162 Å². The summed E-state index contributed by atoms with van der Waals surface area (Å²) >= 11 is 0. The van der Waals surface area contributed by atoms with Crippen LogP contribution in [0, 0.1) is 18.6 Å². The van der Waals surface area contributed by atoms with Crippen molar-refractivity contribution < 1.29 is 18.6 Å². The highest BCUT2D eigenvalue weighted by molar-refractivity contribution is 5.37. The van der Waals surface area contributed by atoms with Crippen LogP contribution in [0.1, 0.15) is 29.8 Å². The highest BCUT2D eigenvalue weighted by atomic mass is 19.1. The predicted molar refractivity (Wildman–Crippen MR) is 102 cm³/mol. The highest BCUT2D eigenvalue weighted by Gasteiger charge is 2.16. The van der Waals surface area contributed by atoms with E-state index < -0.39 is 11.6 Å². The molecule has 0 unspecified atom stereocenters. The number of aliphatic hydroxyl groups is 1. The molecule has 5 nitrogen and oxygen atoms in total. The molecule has 0 bridgehead atoms. The fourth-order valence-corrected chi connectivity index (χ4v) is 2.99. The second-order valence-corrected chi connectivity index (χ2v) is 6.51. The number of ether oxygens (including phenoxy) is 1. The predicted octanol–water partition coefficient (Wildman–Crippen LogP) is 3.68. The molecule has 0 aliphatic heterocycles. The lowest BCUT2D eigenvalue weighted by molar-refractivity contribution is 0.201. The molecule has 0 saturated carbocycles. The minimum absolute atomic E-state index is 0.0115. The van der Waals surface area contributed by atoms with Crippen LogP contribution < -0.4 is 10.1 Å². The number of aliphatic hydroxyl groups excluding tert-OH is 1. The minimum Gasteiger partial charge on any atom is -0.491 e. The number of benzene rings is 2. The number of nitrogens with one attached hydrogen (secondary N) is 1. The van der Waals surface area contributed by atoms with Crippen LogP contribution in [0.3, 0.4) is 0 Å². The Balaban J connectivity index is 1.66. The molecule has 1 aromatic heterocycles. The molecule has 148 valence electrons. The standard InChI is InChI=1S/C21H23F2N3O2/c1-14(24-12-16-3-6-18(7-4-16)28-10-9-27)19-13-25-26(15(19)2)21-8-5-17(22)11-20(21)23/h3-8,11,13-14,24,27H,9-10,12H2,1-2H3/t14-/m0/s1. The number of nitrogens with zero attached hydrogens (tertiary/aromatic N) is 2. The fraction of sp³-hybridized carbons (Fsp3) is 0.286. The minimum atomic E-state index is -0.651. The summed E-state index contributed by atoms with van der Waals surface area (Å²) in [6.45, 7) is 4.75. The molecule has 0 fully saturated rings. The van der Waals surface area contributed by atoms with Crippen molar-refractivity contribution in [3.63, 3.8) is 0 Å². The lowest BCUT2D eigenvalue weighted by Gasteiger charge is -2.15. The largest absolute Gasteiger partial charge is 0.491 e. The van der Waals surface area contributed by atoms with E-state index in [1.54, 1.807) is 6.20 Å². The van der Waals surface area contributed by atoms with Crippen LogP contribution >= 0.6 is 0 Å². The van der Waals surface area contributed by atoms with Gasteiger partial charge in [0.2, 0.25) is 0 Å². The van der Waals surface area contributed by atoms with E-state index in [1.165, 1.54) is 16.8 Å². The van der Waals surface area contributed by atoms with Crippen molar-refractivity contribution in [2.45, 2.75) is 26.4 Å². The monoisotopic (exact) mass is 387 g/mol. The summed E-state index contributed by atoms with van der Waals surface area (Å²) < 4.78 is 34.0. The third-order valence-electron chi connectivity index (χ3n) is 4.55. The summed E-state index contributed by atoms with van der Waals surface area (Å²) in [6.07, 6.45) is 1.70. The van der Waals surface area contributed by atoms with Crippen LogP contribution in [0.2, 0.25) is 0 Å². The second kappa shape index (κ2) is 8.95. The molecule has 0 aliphatic carbocycles. The van der Waals surface area contributed by atoms with Gasteiger partial charge in [0, 0.05) is 29.9 Å². The van der Waals surface area contributed by atoms with Crippen molar-refractivity contribution in [3.8, 4) is 11.4 Å². The van der Waals surface area contributed by atoms with Crippen LogP contribution in [-0.4, -0.2) is 28.1 Å². The smallest absolute Gasteiger partial charge is 0.151 e. The van der Waals surface area contributed by atoms with Crippen LogP contribution in [0.4, 0.5) is 8.78 Å². The van der Waals surface area contributed by atoms with E-state index in [-0.39, 0.29) is 24.9 Å². The van der Waals surface area contributed by atoms with Crippen LogP contribution in [0.5, 0.6) is 5.75 Å². The van der Waals surface area contributed by atoms with Gasteiger partial charge in [-0.25, -0.2) is 13.5 Å². The molecule has 0 aliphatic rings. The number of hydrogen-bond acceptors (Lipinski definition) is 4. The van der Waals surface area contributed by atoms with Gasteiger partial charge in [-0.05, 0) is 43.7 Å². The lowest BCUT2D eigenvalue weighted by atomic mass is 10.1. The Morgan fingerprint density at radius 2 is 1.93 bits per heavy atom. The molecule has 0 spiro atoms. The molecule has 2 N–H and O–H groups in total. The Morgan fingerprint density at radius 3 is 2.61 bits per heavy atom. The van der Waals surface area contributed by atoms with Crippen molar-refractivity contribution in [2.24, 2.45) is 0 Å². The van der Waals surface area contributed by atoms with E-state index in [2.05, 4.69) is 10.4 Å². The zero-order valence-electron chi connectivity index (χ0n) is 15.8. The first-order valence-corrected chi connectivity index (χ1v) is 9.05. The molecule has 1 atom stereocenters. The first-order valence-electron chi connectivity index (χ1n) is 9.05. The third kappa shape index (κ3) is 4.55. The average molecular weight is 387 g/mol. The zero-order valence-corrected chi connectivity index (χ0v) is 15.8. The molecule has 1 heterocycles. The van der Waals surface area contributed by atoms with E-state index >= 15 is 0 Å². The van der Waals surface area contributed by atoms with Gasteiger partial charge in [-0.15, -0.1) is 0 Å². The van der Waals surface area contributed by atoms with Crippen molar-refractivity contribution >= 4 is 0 Å². The summed E-state index contributed by atoms with van der Waals surface area (Å²) in [4.78, 5) is 0. The van der Waals surface area contributed by atoms with E-state index in [4.69, 9.17) is 9.84 Å². The van der Waals surface area contributed by atoms with Crippen molar-refractivity contribution in [1.82, 2.24) is 15.1 Å². The third-order valence-corrected chi connectivity index (χ3v) is 4.55. The highest BCUT2D eigenvalue weighted by Crippen LogP contribution is 2.22. The van der Waals surface area contributed by atoms with E-state index in [1.807, 2.05) is 38.1 Å². The van der Waals surface area contributed by atoms with Gasteiger partial charge in [-0.3, -0.25) is 0 Å². The maximum atomic E-state index is 14.1. The maximum Gasteiger partial charge on any atom is 0.151 e. The Kier molecular flexibility index (Phi) is 6.38. The zero-order chi connectivity index (χ0) is 20.1.